The molecule has 0 unspecified atom stereocenters. The molecule has 0 amide bonds. The smallest absolute Gasteiger partial charge is 0.276 e. The summed E-state index contributed by atoms with van der Waals surface area (Å²) >= 11 is 0. The van der Waals surface area contributed by atoms with Crippen molar-refractivity contribution in [3.05, 3.63) is 17.9 Å². The van der Waals surface area contributed by atoms with Gasteiger partial charge in [-0.1, -0.05) is 0 Å². The third-order valence-corrected chi connectivity index (χ3v) is 4.16. The Morgan fingerprint density at radius 2 is 2.00 bits per heavy atom. The van der Waals surface area contributed by atoms with E-state index in [-0.39, 0.29) is 5.09 Å². The van der Waals surface area contributed by atoms with Crippen LogP contribution in [0.5, 0.6) is 0 Å². The van der Waals surface area contributed by atoms with E-state index in [4.69, 9.17) is 4.42 Å². The van der Waals surface area contributed by atoms with E-state index in [1.165, 1.54) is 10.4 Å². The predicted octanol–water partition coefficient (Wildman–Crippen LogP) is 0.182. The summed E-state index contributed by atoms with van der Waals surface area (Å²) in [4.78, 5) is 0. The molecule has 0 spiro atoms. The Balaban J connectivity index is 2.26. The minimum absolute atomic E-state index is 0.0434. The summed E-state index contributed by atoms with van der Waals surface area (Å²) in [6, 6.07) is 3.17. The number of furan rings is 1. The first-order chi connectivity index (χ1) is 7.10. The van der Waals surface area contributed by atoms with Crippen LogP contribution in [0.2, 0.25) is 0 Å². The van der Waals surface area contributed by atoms with Crippen LogP contribution >= 0.6 is 0 Å². The second-order valence-corrected chi connectivity index (χ2v) is 5.39. The average Bonchev–Trinajstić information content (AvgIpc) is 2.67. The lowest BCUT2D eigenvalue weighted by atomic mass is 10.4. The number of hydrogen-bond acceptors (Lipinski definition) is 4. The van der Waals surface area contributed by atoms with Crippen molar-refractivity contribution in [3.63, 3.8) is 0 Å². The highest BCUT2D eigenvalue weighted by molar-refractivity contribution is 7.89. The lowest BCUT2D eigenvalue weighted by Crippen LogP contribution is -2.46. The van der Waals surface area contributed by atoms with Gasteiger partial charge in [0.2, 0.25) is 5.09 Å². The number of sulfonamides is 1. The van der Waals surface area contributed by atoms with Crippen LogP contribution in [0.3, 0.4) is 0 Å². The second kappa shape index (κ2) is 3.96. The Morgan fingerprint density at radius 3 is 2.53 bits per heavy atom. The molecule has 0 atom stereocenters. The fourth-order valence-electron chi connectivity index (χ4n) is 1.56. The number of piperazine rings is 1. The Bertz CT molecular complexity index is 432. The third-order valence-electron chi connectivity index (χ3n) is 2.39. The molecule has 1 aliphatic heterocycles. The third kappa shape index (κ3) is 2.06. The van der Waals surface area contributed by atoms with Crippen molar-refractivity contribution in [2.24, 2.45) is 0 Å². The van der Waals surface area contributed by atoms with Crippen molar-refractivity contribution in [2.45, 2.75) is 12.0 Å². The number of hydrogen-bond donors (Lipinski definition) is 1. The van der Waals surface area contributed by atoms with Gasteiger partial charge in [0.1, 0.15) is 5.76 Å². The van der Waals surface area contributed by atoms with Crippen LogP contribution in [0.1, 0.15) is 5.76 Å². The maximum Gasteiger partial charge on any atom is 0.276 e. The lowest BCUT2D eigenvalue weighted by Gasteiger charge is -2.25. The number of aryl methyl sites for hydroxylation is 1. The van der Waals surface area contributed by atoms with Crippen molar-refractivity contribution in [2.75, 3.05) is 26.2 Å². The van der Waals surface area contributed by atoms with Gasteiger partial charge in [-0.2, -0.15) is 4.31 Å². The first kappa shape index (κ1) is 10.7. The molecule has 0 aliphatic carbocycles. The Labute approximate surface area is 89.1 Å². The Morgan fingerprint density at radius 1 is 1.33 bits per heavy atom. The van der Waals surface area contributed by atoms with Crippen molar-refractivity contribution < 1.29 is 12.8 Å². The molecule has 1 fully saturated rings. The quantitative estimate of drug-likeness (QED) is 0.787. The monoisotopic (exact) mass is 230 g/mol. The van der Waals surface area contributed by atoms with Crippen LogP contribution in [-0.4, -0.2) is 38.9 Å². The second-order valence-electron chi connectivity index (χ2n) is 3.52. The van der Waals surface area contributed by atoms with Gasteiger partial charge in [-0.05, 0) is 19.1 Å². The van der Waals surface area contributed by atoms with Gasteiger partial charge in [-0.15, -0.1) is 0 Å². The highest BCUT2D eigenvalue weighted by Crippen LogP contribution is 2.18. The molecule has 6 heteroatoms. The normalized spacial score (nSPS) is 19.3. The predicted molar refractivity (Wildman–Crippen MR) is 55.1 cm³/mol. The van der Waals surface area contributed by atoms with E-state index in [1.54, 1.807) is 13.0 Å². The van der Waals surface area contributed by atoms with Crippen molar-refractivity contribution >= 4 is 10.0 Å². The first-order valence-corrected chi connectivity index (χ1v) is 6.32. The molecule has 2 heterocycles. The zero-order valence-electron chi connectivity index (χ0n) is 8.56. The zero-order chi connectivity index (χ0) is 10.9. The molecule has 84 valence electrons. The van der Waals surface area contributed by atoms with Crippen molar-refractivity contribution in [3.8, 4) is 0 Å². The fourth-order valence-corrected chi connectivity index (χ4v) is 2.96. The molecule has 2 rings (SSSR count). The molecule has 0 radical (unpaired) electrons. The minimum Gasteiger partial charge on any atom is -0.449 e. The molecular weight excluding hydrogens is 216 g/mol. The summed E-state index contributed by atoms with van der Waals surface area (Å²) < 4.78 is 30.6. The molecule has 15 heavy (non-hydrogen) atoms. The van der Waals surface area contributed by atoms with E-state index in [9.17, 15) is 8.42 Å². The van der Waals surface area contributed by atoms with Gasteiger partial charge in [0, 0.05) is 26.2 Å². The van der Waals surface area contributed by atoms with Crippen LogP contribution in [0.25, 0.3) is 0 Å². The highest BCUT2D eigenvalue weighted by Gasteiger charge is 2.28. The lowest BCUT2D eigenvalue weighted by molar-refractivity contribution is 0.340. The van der Waals surface area contributed by atoms with Gasteiger partial charge < -0.3 is 9.73 Å². The van der Waals surface area contributed by atoms with E-state index in [0.717, 1.165) is 0 Å². The standard InChI is InChI=1S/C9H14N2O3S/c1-8-2-3-9(14-8)15(12,13)11-6-4-10-5-7-11/h2-3,10H,4-7H2,1H3. The maximum absolute atomic E-state index is 12.0. The highest BCUT2D eigenvalue weighted by atomic mass is 32.2. The van der Waals surface area contributed by atoms with Crippen LogP contribution in [0, 0.1) is 6.92 Å². The number of nitrogens with one attached hydrogen (secondary N) is 1. The summed E-state index contributed by atoms with van der Waals surface area (Å²) in [6.45, 7) is 4.12. The molecular formula is C9H14N2O3S. The average molecular weight is 230 g/mol. The van der Waals surface area contributed by atoms with E-state index in [1.807, 2.05) is 0 Å². The Kier molecular flexibility index (Phi) is 2.81. The summed E-state index contributed by atoms with van der Waals surface area (Å²) in [5.41, 5.74) is 0. The SMILES string of the molecule is Cc1ccc(S(=O)(=O)N2CCNCC2)o1. The molecule has 5 nitrogen and oxygen atoms in total. The van der Waals surface area contributed by atoms with Gasteiger partial charge >= 0.3 is 0 Å². The van der Waals surface area contributed by atoms with Crippen LogP contribution in [-0.2, 0) is 10.0 Å². The molecule has 0 aromatic carbocycles. The molecule has 1 aromatic heterocycles. The molecule has 0 bridgehead atoms. The maximum atomic E-state index is 12.0. The fraction of sp³-hybridized carbons (Fsp3) is 0.556. The molecule has 1 saturated heterocycles. The molecule has 1 N–H and O–H groups in total. The Hall–Kier alpha value is -0.850. The van der Waals surface area contributed by atoms with Crippen molar-refractivity contribution in [1.29, 1.82) is 0 Å². The molecule has 0 saturated carbocycles. The summed E-state index contributed by atoms with van der Waals surface area (Å²) in [5.74, 6) is 0.615. The largest absolute Gasteiger partial charge is 0.449 e. The van der Waals surface area contributed by atoms with Crippen LogP contribution in [0.15, 0.2) is 21.6 Å². The van der Waals surface area contributed by atoms with Gasteiger partial charge in [-0.25, -0.2) is 8.42 Å². The molecule has 1 aromatic rings. The summed E-state index contributed by atoms with van der Waals surface area (Å²) in [6.07, 6.45) is 0. The van der Waals surface area contributed by atoms with E-state index >= 15 is 0 Å². The summed E-state index contributed by atoms with van der Waals surface area (Å²) in [7, 11) is -3.41. The number of nitrogens with zero attached hydrogens (tertiary/aromatic N) is 1. The topological polar surface area (TPSA) is 62.6 Å². The van der Waals surface area contributed by atoms with Gasteiger partial charge in [0.25, 0.3) is 10.0 Å². The van der Waals surface area contributed by atoms with Gasteiger partial charge in [-0.3, -0.25) is 0 Å². The van der Waals surface area contributed by atoms with Crippen molar-refractivity contribution in [1.82, 2.24) is 9.62 Å². The van der Waals surface area contributed by atoms with E-state index in [0.29, 0.717) is 31.9 Å². The van der Waals surface area contributed by atoms with Gasteiger partial charge in [0.15, 0.2) is 0 Å². The molecule has 1 aliphatic rings. The van der Waals surface area contributed by atoms with Crippen LogP contribution in [0.4, 0.5) is 0 Å². The van der Waals surface area contributed by atoms with Crippen LogP contribution < -0.4 is 5.32 Å². The minimum atomic E-state index is -3.41. The first-order valence-electron chi connectivity index (χ1n) is 4.88. The number of rotatable bonds is 2. The summed E-state index contributed by atoms with van der Waals surface area (Å²) in [5, 5.41) is 3.15. The zero-order valence-corrected chi connectivity index (χ0v) is 9.38. The van der Waals surface area contributed by atoms with Gasteiger partial charge in [0.05, 0.1) is 0 Å². The van der Waals surface area contributed by atoms with E-state index < -0.39 is 10.0 Å². The van der Waals surface area contributed by atoms with E-state index in [2.05, 4.69) is 5.32 Å².